The number of hydrogen-bond acceptors (Lipinski definition) is 0. The van der Waals surface area contributed by atoms with Gasteiger partial charge in [-0.25, -0.2) is 0 Å². The molecule has 61 heavy (non-hydrogen) atoms. The third-order valence-electron chi connectivity index (χ3n) is 3.70. The average molecular weight is 737 g/mol. The first-order valence-electron chi connectivity index (χ1n) is 15.3. The zero-order chi connectivity index (χ0) is 43.7. The molecule has 0 spiro atoms. The van der Waals surface area contributed by atoms with E-state index in [4.69, 9.17) is 6.42 Å². The molecule has 248 valence electrons. The van der Waals surface area contributed by atoms with Gasteiger partial charge in [0.15, 0.2) is 0 Å². The predicted molar refractivity (Wildman–Crippen MR) is 240 cm³/mol. The van der Waals surface area contributed by atoms with E-state index < -0.39 is 0 Å². The quantitative estimate of drug-likeness (QED) is 0.323. The molecule has 0 aromatic carbocycles. The van der Waals surface area contributed by atoms with Crippen LogP contribution >= 0.6 is 0 Å². The second kappa shape index (κ2) is 46.8. The minimum absolute atomic E-state index is 1.69. The highest BCUT2D eigenvalue weighted by atomic mass is 13.6. The molecule has 0 amide bonds. The highest BCUT2D eigenvalue weighted by Gasteiger charge is 1.63. The normalized spacial score (nSPS) is 3.93. The Labute approximate surface area is 361 Å². The third-order valence-corrected chi connectivity index (χ3v) is 3.70. The van der Waals surface area contributed by atoms with E-state index in [9.17, 15) is 0 Å². The maximum absolute atomic E-state index is 4.94. The van der Waals surface area contributed by atoms with Gasteiger partial charge in [0.05, 0.1) is 0 Å². The maximum Gasteiger partial charge on any atom is 0 e. The van der Waals surface area contributed by atoms with Crippen molar-refractivity contribution in [2.75, 3.05) is 0 Å². The molecular weight excluding hydrogens is 733 g/mol. The summed E-state index contributed by atoms with van der Waals surface area (Å²) in [7, 11) is 0. The van der Waals surface area contributed by atoms with Gasteiger partial charge in [0, 0.05) is 249 Å². The van der Waals surface area contributed by atoms with Crippen molar-refractivity contribution in [3.05, 3.63) is 0 Å². The van der Waals surface area contributed by atoms with Gasteiger partial charge in [-0.05, 0) is 102 Å². The standard InChI is InChI=1S/C61H4/c1-3-5-7-9-11-13-15-17-19-21-23-25-27-29-31-33-35-37-39-41-43-45-47-49-51-53-55-57-59-61-60-58-56-54-52-50-48-46-44-42-40-38-36-34-32-30-28-26-24-22-20-18-16-14-12-10-8-6-4-2/h1H,2H3. The zero-order valence-corrected chi connectivity index (χ0v) is 31.1. The summed E-state index contributed by atoms with van der Waals surface area (Å²) in [5, 5.41) is 0. The predicted octanol–water partition coefficient (Wildman–Crippen LogP) is 0.738. The van der Waals surface area contributed by atoms with E-state index >= 15 is 0 Å². The first kappa shape index (κ1) is 47.8. The fourth-order valence-electron chi connectivity index (χ4n) is 1.82. The van der Waals surface area contributed by atoms with Crippen molar-refractivity contribution in [3.8, 4) is 356 Å². The summed E-state index contributed by atoms with van der Waals surface area (Å²) in [5.41, 5.74) is 0. The molecule has 0 atom stereocenters. The highest BCUT2D eigenvalue weighted by molar-refractivity contribution is 5.52. The molecule has 0 radical (unpaired) electrons. The lowest BCUT2D eigenvalue weighted by atomic mass is 10.4. The highest BCUT2D eigenvalue weighted by Crippen LogP contribution is 1.63. The molecule has 0 aromatic rings. The van der Waals surface area contributed by atoms with E-state index in [0.717, 1.165) is 0 Å². The largest absolute Gasteiger partial charge is 0.106 e. The Morgan fingerprint density at radius 1 is 0.131 bits per heavy atom. The molecule has 0 heterocycles. The van der Waals surface area contributed by atoms with Crippen LogP contribution in [0.25, 0.3) is 0 Å². The van der Waals surface area contributed by atoms with Crippen molar-refractivity contribution < 1.29 is 0 Å². The van der Waals surface area contributed by atoms with Crippen LogP contribution in [0.15, 0.2) is 0 Å². The monoisotopic (exact) mass is 736 g/mol. The van der Waals surface area contributed by atoms with Gasteiger partial charge in [-0.2, -0.15) is 0 Å². The van der Waals surface area contributed by atoms with Crippen molar-refractivity contribution in [1.82, 2.24) is 0 Å². The zero-order valence-electron chi connectivity index (χ0n) is 31.1. The molecule has 0 saturated carbocycles. The van der Waals surface area contributed by atoms with E-state index in [1.54, 1.807) is 6.92 Å². The molecular formula is C61H4. The van der Waals surface area contributed by atoms with Gasteiger partial charge in [0.25, 0.3) is 0 Å². The fourth-order valence-corrected chi connectivity index (χ4v) is 1.82. The van der Waals surface area contributed by atoms with Gasteiger partial charge < -0.3 is 0 Å². The van der Waals surface area contributed by atoms with E-state index in [0.29, 0.717) is 0 Å². The van der Waals surface area contributed by atoms with Crippen LogP contribution in [0.4, 0.5) is 0 Å². The van der Waals surface area contributed by atoms with Crippen molar-refractivity contribution in [1.29, 1.82) is 0 Å². The number of rotatable bonds is 0. The molecule has 0 aliphatic rings. The first-order valence-corrected chi connectivity index (χ1v) is 15.3. The summed E-state index contributed by atoms with van der Waals surface area (Å²) in [6.07, 6.45) is 4.94. The molecule has 0 fully saturated rings. The SMILES string of the molecule is C#CC#CC#CC#CC#CC#CC#CC#CC#CC#CC#CC#CC#CC#CC#CC#CC#CC#CC#CC#CC#CC#CC#CC#CC#CC#CC#CC#CC#CC#CC. The molecule has 0 aliphatic carbocycles. The van der Waals surface area contributed by atoms with Crippen molar-refractivity contribution >= 4 is 0 Å². The molecule has 0 aromatic heterocycles. The Hall–Kier alpha value is -13.2. The summed E-state index contributed by atoms with van der Waals surface area (Å²) in [4.78, 5) is 0. The van der Waals surface area contributed by atoms with Crippen LogP contribution in [0, 0.1) is 356 Å². The summed E-state index contributed by atoms with van der Waals surface area (Å²) >= 11 is 0. The van der Waals surface area contributed by atoms with Crippen LogP contribution in [-0.2, 0) is 0 Å². The Kier molecular flexibility index (Phi) is 36.7. The van der Waals surface area contributed by atoms with Crippen molar-refractivity contribution in [2.45, 2.75) is 6.92 Å². The second-order valence-electron chi connectivity index (χ2n) is 7.52. The van der Waals surface area contributed by atoms with Gasteiger partial charge in [0.1, 0.15) is 0 Å². The number of hydrogen-bond donors (Lipinski definition) is 0. The Morgan fingerprint density at radius 3 is 0.295 bits per heavy atom. The molecule has 0 aliphatic heterocycles. The lowest BCUT2D eigenvalue weighted by molar-refractivity contribution is 1.92. The van der Waals surface area contributed by atoms with Gasteiger partial charge >= 0.3 is 0 Å². The van der Waals surface area contributed by atoms with Crippen molar-refractivity contribution in [3.63, 3.8) is 0 Å². The molecule has 0 N–H and O–H groups in total. The Morgan fingerprint density at radius 2 is 0.213 bits per heavy atom. The number of terminal acetylenes is 1. The molecule has 0 saturated heterocycles. The molecule has 0 unspecified atom stereocenters. The van der Waals surface area contributed by atoms with Crippen molar-refractivity contribution in [2.24, 2.45) is 0 Å². The van der Waals surface area contributed by atoms with E-state index in [-0.39, 0.29) is 0 Å². The van der Waals surface area contributed by atoms with Crippen LogP contribution in [0.5, 0.6) is 0 Å². The summed E-state index contributed by atoms with van der Waals surface area (Å²) in [6.45, 7) is 1.69. The smallest absolute Gasteiger partial charge is 0 e. The Balaban J connectivity index is 4.59. The van der Waals surface area contributed by atoms with E-state index in [1.807, 2.05) is 0 Å². The van der Waals surface area contributed by atoms with Gasteiger partial charge in [0.2, 0.25) is 0 Å². The summed E-state index contributed by atoms with van der Waals surface area (Å²) in [6, 6.07) is 0. The minimum atomic E-state index is 1.69. The fraction of sp³-hybridized carbons (Fsp3) is 0.0164. The first-order chi connectivity index (χ1) is 30.4. The molecule has 0 nitrogen and oxygen atoms in total. The second-order valence-corrected chi connectivity index (χ2v) is 7.52. The lowest BCUT2D eigenvalue weighted by Crippen LogP contribution is -1.57. The third kappa shape index (κ3) is 46.8. The molecule has 0 heteroatoms. The Bertz CT molecular complexity index is 3880. The summed E-state index contributed by atoms with van der Waals surface area (Å²) in [5.74, 6) is 147. The molecule has 0 rings (SSSR count). The van der Waals surface area contributed by atoms with Crippen LogP contribution in [0.3, 0.4) is 0 Å². The van der Waals surface area contributed by atoms with Crippen LogP contribution < -0.4 is 0 Å². The van der Waals surface area contributed by atoms with Gasteiger partial charge in [-0.3, -0.25) is 0 Å². The topological polar surface area (TPSA) is 0 Å². The van der Waals surface area contributed by atoms with Gasteiger partial charge in [-0.1, -0.05) is 5.92 Å². The lowest BCUT2D eigenvalue weighted by Gasteiger charge is -1.57. The molecule has 0 bridgehead atoms. The van der Waals surface area contributed by atoms with Crippen LogP contribution in [0.1, 0.15) is 6.92 Å². The summed E-state index contributed by atoms with van der Waals surface area (Å²) < 4.78 is 0. The minimum Gasteiger partial charge on any atom is -0.106 e. The maximum atomic E-state index is 4.94. The van der Waals surface area contributed by atoms with Crippen LogP contribution in [-0.4, -0.2) is 0 Å². The van der Waals surface area contributed by atoms with E-state index in [2.05, 4.69) is 349 Å². The van der Waals surface area contributed by atoms with E-state index in [1.165, 1.54) is 0 Å². The average Bonchev–Trinajstić information content (AvgIpc) is 3.27. The van der Waals surface area contributed by atoms with Gasteiger partial charge in [-0.15, -0.1) is 6.42 Å². The van der Waals surface area contributed by atoms with Crippen LogP contribution in [0.2, 0.25) is 0 Å².